The molecule has 0 aromatic heterocycles. The van der Waals surface area contributed by atoms with Crippen LogP contribution in [0.25, 0.3) is 0 Å². The van der Waals surface area contributed by atoms with Gasteiger partial charge in [0.2, 0.25) is 0 Å². The molecule has 0 aliphatic heterocycles. The zero-order valence-electron chi connectivity index (χ0n) is 9.53. The molecular formula is C13H18N2. The maximum Gasteiger partial charge on any atom is 0.153 e. The van der Waals surface area contributed by atoms with Crippen molar-refractivity contribution < 1.29 is 0 Å². The monoisotopic (exact) mass is 202 g/mol. The van der Waals surface area contributed by atoms with E-state index in [4.69, 9.17) is 0 Å². The molecule has 0 heterocycles. The van der Waals surface area contributed by atoms with E-state index in [1.54, 1.807) is 0 Å². The van der Waals surface area contributed by atoms with Gasteiger partial charge in [0.25, 0.3) is 0 Å². The van der Waals surface area contributed by atoms with Crippen molar-refractivity contribution in [2.75, 3.05) is 6.54 Å². The Hall–Kier alpha value is -1.44. The van der Waals surface area contributed by atoms with E-state index in [-0.39, 0.29) is 0 Å². The van der Waals surface area contributed by atoms with Crippen LogP contribution in [0, 0.1) is 0 Å². The highest BCUT2D eigenvalue weighted by molar-refractivity contribution is 6.01. The molecule has 0 spiro atoms. The standard InChI is InChI=1S/C13H18N2/c1-4-9-15-13(14-3)12-8-6-7-11(5-2)10-12/h6-8,10H,3-5,9H2,1-2H3/b15-13-. The molecule has 0 aliphatic rings. The predicted molar refractivity (Wildman–Crippen MR) is 67.1 cm³/mol. The number of benzene rings is 1. The smallest absolute Gasteiger partial charge is 0.153 e. The second-order valence-electron chi connectivity index (χ2n) is 3.42. The Morgan fingerprint density at radius 2 is 2.13 bits per heavy atom. The molecule has 0 atom stereocenters. The summed E-state index contributed by atoms with van der Waals surface area (Å²) >= 11 is 0. The lowest BCUT2D eigenvalue weighted by molar-refractivity contribution is 0.930. The molecule has 80 valence electrons. The van der Waals surface area contributed by atoms with E-state index < -0.39 is 0 Å². The Kier molecular flexibility index (Phi) is 4.75. The number of hydrogen-bond acceptors (Lipinski definition) is 1. The minimum absolute atomic E-state index is 0.757. The predicted octanol–water partition coefficient (Wildman–Crippen LogP) is 3.11. The summed E-state index contributed by atoms with van der Waals surface area (Å²) in [6, 6.07) is 8.32. The van der Waals surface area contributed by atoms with Gasteiger partial charge < -0.3 is 0 Å². The van der Waals surface area contributed by atoms with Crippen molar-refractivity contribution in [3.8, 4) is 0 Å². The molecule has 1 aromatic rings. The van der Waals surface area contributed by atoms with Crippen LogP contribution < -0.4 is 0 Å². The van der Waals surface area contributed by atoms with Gasteiger partial charge in [-0.05, 0) is 31.2 Å². The van der Waals surface area contributed by atoms with Gasteiger partial charge in [-0.25, -0.2) is 4.99 Å². The quantitative estimate of drug-likeness (QED) is 0.529. The Morgan fingerprint density at radius 1 is 1.33 bits per heavy atom. The molecule has 0 bridgehead atoms. The minimum atomic E-state index is 0.757. The molecule has 0 N–H and O–H groups in total. The van der Waals surface area contributed by atoms with Crippen molar-refractivity contribution >= 4 is 12.6 Å². The summed E-state index contributed by atoms with van der Waals surface area (Å²) in [6.07, 6.45) is 2.07. The van der Waals surface area contributed by atoms with E-state index in [0.717, 1.165) is 30.8 Å². The summed E-state index contributed by atoms with van der Waals surface area (Å²) in [5.41, 5.74) is 2.37. The summed E-state index contributed by atoms with van der Waals surface area (Å²) in [6.45, 7) is 8.62. The average molecular weight is 202 g/mol. The van der Waals surface area contributed by atoms with Crippen LogP contribution in [0.2, 0.25) is 0 Å². The average Bonchev–Trinajstić information content (AvgIpc) is 2.30. The van der Waals surface area contributed by atoms with Gasteiger partial charge in [-0.3, -0.25) is 4.99 Å². The summed E-state index contributed by atoms with van der Waals surface area (Å²) < 4.78 is 0. The lowest BCUT2D eigenvalue weighted by Gasteiger charge is -2.03. The molecule has 1 rings (SSSR count). The van der Waals surface area contributed by atoms with E-state index in [1.807, 2.05) is 12.1 Å². The summed E-state index contributed by atoms with van der Waals surface area (Å²) in [5, 5.41) is 0. The van der Waals surface area contributed by atoms with Crippen LogP contribution in [0.1, 0.15) is 31.4 Å². The van der Waals surface area contributed by atoms with Gasteiger partial charge in [0.1, 0.15) is 0 Å². The number of aryl methyl sites for hydroxylation is 1. The van der Waals surface area contributed by atoms with Crippen LogP contribution in [0.15, 0.2) is 34.3 Å². The fourth-order valence-electron chi connectivity index (χ4n) is 1.38. The molecule has 0 unspecified atom stereocenters. The summed E-state index contributed by atoms with van der Waals surface area (Å²) in [7, 11) is 0. The van der Waals surface area contributed by atoms with E-state index in [9.17, 15) is 0 Å². The third-order valence-corrected chi connectivity index (χ3v) is 2.23. The molecule has 0 radical (unpaired) electrons. The Morgan fingerprint density at radius 3 is 2.73 bits per heavy atom. The van der Waals surface area contributed by atoms with Gasteiger partial charge in [-0.15, -0.1) is 0 Å². The molecule has 1 aromatic carbocycles. The van der Waals surface area contributed by atoms with Crippen LogP contribution in [-0.2, 0) is 6.42 Å². The van der Waals surface area contributed by atoms with Gasteiger partial charge in [0.05, 0.1) is 0 Å². The number of amidine groups is 1. The van der Waals surface area contributed by atoms with Crippen molar-refractivity contribution in [1.82, 2.24) is 0 Å². The second kappa shape index (κ2) is 6.12. The Labute approximate surface area is 91.8 Å². The van der Waals surface area contributed by atoms with Crippen molar-refractivity contribution in [1.29, 1.82) is 0 Å². The minimum Gasteiger partial charge on any atom is -0.266 e. The number of aliphatic imine (C=N–C) groups is 2. The van der Waals surface area contributed by atoms with Crippen molar-refractivity contribution in [3.05, 3.63) is 35.4 Å². The number of rotatable bonds is 4. The maximum absolute atomic E-state index is 4.39. The third-order valence-electron chi connectivity index (χ3n) is 2.23. The third kappa shape index (κ3) is 3.31. The fourth-order valence-corrected chi connectivity index (χ4v) is 1.38. The largest absolute Gasteiger partial charge is 0.266 e. The van der Waals surface area contributed by atoms with Crippen molar-refractivity contribution in [3.63, 3.8) is 0 Å². The Bertz CT molecular complexity index is 353. The van der Waals surface area contributed by atoms with Crippen LogP contribution in [-0.4, -0.2) is 19.1 Å². The van der Waals surface area contributed by atoms with Gasteiger partial charge in [0.15, 0.2) is 5.84 Å². The molecule has 2 nitrogen and oxygen atoms in total. The highest BCUT2D eigenvalue weighted by atomic mass is 14.9. The lowest BCUT2D eigenvalue weighted by atomic mass is 10.1. The summed E-state index contributed by atoms with van der Waals surface area (Å²) in [4.78, 5) is 8.37. The molecule has 15 heavy (non-hydrogen) atoms. The van der Waals surface area contributed by atoms with Crippen molar-refractivity contribution in [2.24, 2.45) is 9.98 Å². The topological polar surface area (TPSA) is 24.7 Å². The van der Waals surface area contributed by atoms with Gasteiger partial charge >= 0.3 is 0 Å². The normalized spacial score (nSPS) is 11.5. The first-order chi connectivity index (χ1) is 7.31. The first-order valence-corrected chi connectivity index (χ1v) is 5.42. The lowest BCUT2D eigenvalue weighted by Crippen LogP contribution is -1.99. The zero-order chi connectivity index (χ0) is 11.1. The van der Waals surface area contributed by atoms with E-state index >= 15 is 0 Å². The maximum atomic E-state index is 4.39. The van der Waals surface area contributed by atoms with Gasteiger partial charge in [-0.2, -0.15) is 0 Å². The zero-order valence-corrected chi connectivity index (χ0v) is 9.53. The van der Waals surface area contributed by atoms with Crippen LogP contribution in [0.4, 0.5) is 0 Å². The van der Waals surface area contributed by atoms with Crippen LogP contribution in [0.5, 0.6) is 0 Å². The van der Waals surface area contributed by atoms with E-state index in [1.165, 1.54) is 5.56 Å². The molecule has 0 saturated carbocycles. The number of hydrogen-bond donors (Lipinski definition) is 0. The molecule has 0 aliphatic carbocycles. The highest BCUT2D eigenvalue weighted by Crippen LogP contribution is 2.08. The second-order valence-corrected chi connectivity index (χ2v) is 3.42. The van der Waals surface area contributed by atoms with E-state index in [0.29, 0.717) is 0 Å². The fraction of sp³-hybridized carbons (Fsp3) is 0.385. The van der Waals surface area contributed by atoms with Crippen LogP contribution >= 0.6 is 0 Å². The van der Waals surface area contributed by atoms with Crippen LogP contribution in [0.3, 0.4) is 0 Å². The van der Waals surface area contributed by atoms with Gasteiger partial charge in [-0.1, -0.05) is 32.0 Å². The molecule has 0 fully saturated rings. The van der Waals surface area contributed by atoms with E-state index in [2.05, 4.69) is 42.7 Å². The SMILES string of the molecule is C=N/C(=N\CCC)c1cccc(CC)c1. The highest BCUT2D eigenvalue weighted by Gasteiger charge is 2.00. The molecule has 2 heteroatoms. The Balaban J connectivity index is 2.96. The number of nitrogens with zero attached hydrogens (tertiary/aromatic N) is 2. The van der Waals surface area contributed by atoms with Gasteiger partial charge in [0, 0.05) is 12.1 Å². The molecular weight excluding hydrogens is 184 g/mol. The molecule has 0 amide bonds. The van der Waals surface area contributed by atoms with Crippen molar-refractivity contribution in [2.45, 2.75) is 26.7 Å². The first-order valence-electron chi connectivity index (χ1n) is 5.42. The molecule has 0 saturated heterocycles. The summed E-state index contributed by atoms with van der Waals surface area (Å²) in [5.74, 6) is 0.757. The first kappa shape index (κ1) is 11.6.